The van der Waals surface area contributed by atoms with E-state index in [1.807, 2.05) is 18.4 Å². The quantitative estimate of drug-likeness (QED) is 0.877. The molecule has 1 aliphatic heterocycles. The van der Waals surface area contributed by atoms with Gasteiger partial charge in [0.25, 0.3) is 0 Å². The fraction of sp³-hybridized carbons (Fsp3) is 0.571. The Hall–Kier alpha value is -1.01. The molecule has 1 amide bonds. The summed E-state index contributed by atoms with van der Waals surface area (Å²) >= 11 is 3.28. The zero-order chi connectivity index (χ0) is 14.6. The average Bonchev–Trinajstić information content (AvgIpc) is 3.08. The minimum Gasteiger partial charge on any atom is -0.481 e. The Morgan fingerprint density at radius 2 is 2.35 bits per heavy atom. The molecule has 2 heterocycles. The van der Waals surface area contributed by atoms with E-state index in [1.165, 1.54) is 4.88 Å². The Morgan fingerprint density at radius 3 is 2.90 bits per heavy atom. The van der Waals surface area contributed by atoms with Gasteiger partial charge in [-0.05, 0) is 24.3 Å². The van der Waals surface area contributed by atoms with E-state index in [2.05, 4.69) is 6.07 Å². The zero-order valence-corrected chi connectivity index (χ0v) is 13.1. The smallest absolute Gasteiger partial charge is 0.311 e. The second-order valence-electron chi connectivity index (χ2n) is 5.08. The van der Waals surface area contributed by atoms with Crippen LogP contribution in [0.5, 0.6) is 0 Å². The number of hydrogen-bond donors (Lipinski definition) is 1. The fourth-order valence-electron chi connectivity index (χ4n) is 2.42. The van der Waals surface area contributed by atoms with Gasteiger partial charge in [0, 0.05) is 23.7 Å². The number of hydrogen-bond acceptors (Lipinski definition) is 4. The highest BCUT2D eigenvalue weighted by atomic mass is 32.2. The molecular weight excluding hydrogens is 294 g/mol. The minimum absolute atomic E-state index is 0.0585. The Bertz CT molecular complexity index is 475. The van der Waals surface area contributed by atoms with E-state index in [-0.39, 0.29) is 5.91 Å². The predicted molar refractivity (Wildman–Crippen MR) is 82.0 cm³/mol. The van der Waals surface area contributed by atoms with Crippen LogP contribution >= 0.6 is 23.1 Å². The normalized spacial score (nSPS) is 22.1. The molecule has 2 rings (SSSR count). The van der Waals surface area contributed by atoms with Crippen LogP contribution in [-0.2, 0) is 15.3 Å². The van der Waals surface area contributed by atoms with Crippen molar-refractivity contribution in [2.45, 2.75) is 25.5 Å². The third-order valence-electron chi connectivity index (χ3n) is 3.89. The van der Waals surface area contributed by atoms with Gasteiger partial charge in [0.05, 0.1) is 11.2 Å². The molecule has 0 spiro atoms. The van der Waals surface area contributed by atoms with E-state index < -0.39 is 11.4 Å². The molecule has 1 saturated heterocycles. The molecule has 1 aliphatic rings. The van der Waals surface area contributed by atoms with Gasteiger partial charge < -0.3 is 10.0 Å². The summed E-state index contributed by atoms with van der Waals surface area (Å²) in [6.45, 7) is 2.81. The van der Waals surface area contributed by atoms with Crippen molar-refractivity contribution in [3.63, 3.8) is 0 Å². The highest BCUT2D eigenvalue weighted by molar-refractivity contribution is 7.99. The second-order valence-corrected chi connectivity index (χ2v) is 7.09. The van der Waals surface area contributed by atoms with Gasteiger partial charge in [0.2, 0.25) is 5.91 Å². The Labute approximate surface area is 127 Å². The summed E-state index contributed by atoms with van der Waals surface area (Å²) in [6.07, 6.45) is 1.15. The molecule has 110 valence electrons. The van der Waals surface area contributed by atoms with Crippen molar-refractivity contribution in [2.24, 2.45) is 5.41 Å². The average molecular weight is 313 g/mol. The molecule has 0 bridgehead atoms. The first-order valence-electron chi connectivity index (χ1n) is 6.69. The monoisotopic (exact) mass is 313 g/mol. The van der Waals surface area contributed by atoms with Crippen molar-refractivity contribution >= 4 is 35.0 Å². The number of carbonyl (C=O) groups is 2. The number of likely N-dealkylation sites (tertiary alicyclic amines) is 1. The lowest BCUT2D eigenvalue weighted by Gasteiger charge is -2.23. The Kier molecular flexibility index (Phi) is 5.10. The summed E-state index contributed by atoms with van der Waals surface area (Å²) in [5.74, 6) is 0.552. The van der Waals surface area contributed by atoms with Gasteiger partial charge in [-0.15, -0.1) is 23.1 Å². The highest BCUT2D eigenvalue weighted by Gasteiger charge is 2.44. The van der Waals surface area contributed by atoms with Crippen LogP contribution in [0.1, 0.15) is 24.6 Å². The third-order valence-corrected chi connectivity index (χ3v) is 5.91. The topological polar surface area (TPSA) is 57.6 Å². The number of aliphatic carboxylic acids is 1. The first kappa shape index (κ1) is 15.4. The lowest BCUT2D eigenvalue weighted by Crippen LogP contribution is -2.37. The molecule has 4 nitrogen and oxygen atoms in total. The van der Waals surface area contributed by atoms with E-state index in [0.29, 0.717) is 31.7 Å². The zero-order valence-electron chi connectivity index (χ0n) is 11.5. The summed E-state index contributed by atoms with van der Waals surface area (Å²) in [5, 5.41) is 11.4. The lowest BCUT2D eigenvalue weighted by atomic mass is 9.84. The molecular formula is C14H19NO3S2. The molecule has 6 heteroatoms. The van der Waals surface area contributed by atoms with Crippen molar-refractivity contribution in [3.8, 4) is 0 Å². The summed E-state index contributed by atoms with van der Waals surface area (Å²) in [5.41, 5.74) is -0.728. The maximum absolute atomic E-state index is 12.1. The lowest BCUT2D eigenvalue weighted by molar-refractivity contribution is -0.148. The maximum atomic E-state index is 12.1. The van der Waals surface area contributed by atoms with Crippen LogP contribution in [0.25, 0.3) is 0 Å². The molecule has 1 atom stereocenters. The predicted octanol–water partition coefficient (Wildman–Crippen LogP) is 2.69. The van der Waals surface area contributed by atoms with Gasteiger partial charge in [-0.25, -0.2) is 0 Å². The van der Waals surface area contributed by atoms with Crippen LogP contribution in [0, 0.1) is 5.41 Å². The largest absolute Gasteiger partial charge is 0.481 e. The van der Waals surface area contributed by atoms with Crippen molar-refractivity contribution in [1.29, 1.82) is 0 Å². The van der Waals surface area contributed by atoms with Gasteiger partial charge in [0.15, 0.2) is 0 Å². The molecule has 1 N–H and O–H groups in total. The highest BCUT2D eigenvalue weighted by Crippen LogP contribution is 2.34. The molecule has 0 saturated carbocycles. The van der Waals surface area contributed by atoms with Crippen molar-refractivity contribution in [1.82, 2.24) is 4.90 Å². The van der Waals surface area contributed by atoms with Crippen molar-refractivity contribution < 1.29 is 14.7 Å². The molecule has 1 aromatic rings. The minimum atomic E-state index is -0.776. The number of thiophene rings is 1. The van der Waals surface area contributed by atoms with Crippen molar-refractivity contribution in [3.05, 3.63) is 22.4 Å². The number of carboxylic acids is 1. The number of rotatable bonds is 6. The van der Waals surface area contributed by atoms with Crippen LogP contribution in [0.3, 0.4) is 0 Å². The van der Waals surface area contributed by atoms with E-state index in [0.717, 1.165) is 5.75 Å². The number of amides is 1. The second kappa shape index (κ2) is 6.63. The van der Waals surface area contributed by atoms with E-state index >= 15 is 0 Å². The fourth-order valence-corrected chi connectivity index (χ4v) is 4.19. The Morgan fingerprint density at radius 1 is 1.55 bits per heavy atom. The van der Waals surface area contributed by atoms with Gasteiger partial charge in [-0.3, -0.25) is 9.59 Å². The molecule has 1 aromatic heterocycles. The first-order chi connectivity index (χ1) is 9.57. The third kappa shape index (κ3) is 3.35. The molecule has 1 unspecified atom stereocenters. The number of carbonyl (C=O) groups excluding carboxylic acids is 1. The molecule has 1 fully saturated rings. The van der Waals surface area contributed by atoms with Crippen LogP contribution < -0.4 is 0 Å². The van der Waals surface area contributed by atoms with Gasteiger partial charge in [0.1, 0.15) is 0 Å². The molecule has 0 aromatic carbocycles. The van der Waals surface area contributed by atoms with Crippen molar-refractivity contribution in [2.75, 3.05) is 18.8 Å². The summed E-state index contributed by atoms with van der Waals surface area (Å²) in [4.78, 5) is 26.4. The SMILES string of the molecule is CCC1(C(=O)O)CCN(C(=O)CSCc2cccs2)C1. The molecule has 0 radical (unpaired) electrons. The Balaban J connectivity index is 1.80. The standard InChI is InChI=1S/C14H19NO3S2/c1-2-14(13(17)18)5-6-15(10-14)12(16)9-19-8-11-4-3-7-20-11/h3-4,7H,2,5-6,8-10H2,1H3,(H,17,18). The summed E-state index contributed by atoms with van der Waals surface area (Å²) < 4.78 is 0. The van der Waals surface area contributed by atoms with Gasteiger partial charge >= 0.3 is 5.97 Å². The van der Waals surface area contributed by atoms with Gasteiger partial charge in [-0.2, -0.15) is 0 Å². The van der Waals surface area contributed by atoms with Crippen LogP contribution in [0.4, 0.5) is 0 Å². The molecule has 0 aliphatic carbocycles. The number of thioether (sulfide) groups is 1. The number of carboxylic acid groups (broad SMARTS) is 1. The van der Waals surface area contributed by atoms with E-state index in [1.54, 1.807) is 28.0 Å². The van der Waals surface area contributed by atoms with Gasteiger partial charge in [-0.1, -0.05) is 13.0 Å². The van der Waals surface area contributed by atoms with Crippen LogP contribution in [0.15, 0.2) is 17.5 Å². The van der Waals surface area contributed by atoms with E-state index in [4.69, 9.17) is 0 Å². The molecule has 20 heavy (non-hydrogen) atoms. The maximum Gasteiger partial charge on any atom is 0.311 e. The van der Waals surface area contributed by atoms with Crippen LogP contribution in [-0.4, -0.2) is 40.7 Å². The number of nitrogens with zero attached hydrogens (tertiary/aromatic N) is 1. The first-order valence-corrected chi connectivity index (χ1v) is 8.72. The van der Waals surface area contributed by atoms with Crippen LogP contribution in [0.2, 0.25) is 0 Å². The summed E-state index contributed by atoms with van der Waals surface area (Å²) in [6, 6.07) is 4.07. The summed E-state index contributed by atoms with van der Waals surface area (Å²) in [7, 11) is 0. The van der Waals surface area contributed by atoms with E-state index in [9.17, 15) is 14.7 Å².